The van der Waals surface area contributed by atoms with Crippen molar-refractivity contribution in [1.82, 2.24) is 4.98 Å². The Morgan fingerprint density at radius 1 is 1.29 bits per heavy atom. The lowest BCUT2D eigenvalue weighted by molar-refractivity contribution is -0.120. The van der Waals surface area contributed by atoms with E-state index in [-0.39, 0.29) is 0 Å². The molecule has 17 heavy (non-hydrogen) atoms. The molecule has 4 nitrogen and oxygen atoms in total. The molecule has 2 saturated heterocycles. The largest absolute Gasteiger partial charge is 0.481 e. The molecular weight excluding hydrogens is 216 g/mol. The number of ether oxygens (including phenoxy) is 1. The molecule has 3 rings (SSSR count). The Bertz CT molecular complexity index is 414. The summed E-state index contributed by atoms with van der Waals surface area (Å²) in [7, 11) is 1.62. The van der Waals surface area contributed by atoms with Gasteiger partial charge in [0.15, 0.2) is 0 Å². The number of carbonyl (C=O) groups is 1. The molecule has 0 N–H and O–H groups in total. The number of aromatic nitrogens is 1. The Labute approximate surface area is 101 Å². The normalized spacial score (nSPS) is 27.4. The summed E-state index contributed by atoms with van der Waals surface area (Å²) in [6.07, 6.45) is 5.50. The summed E-state index contributed by atoms with van der Waals surface area (Å²) < 4.78 is 5.06. The van der Waals surface area contributed by atoms with Gasteiger partial charge >= 0.3 is 0 Å². The zero-order valence-corrected chi connectivity index (χ0v) is 9.93. The van der Waals surface area contributed by atoms with Crippen molar-refractivity contribution in [3.8, 4) is 5.88 Å². The van der Waals surface area contributed by atoms with Crippen molar-refractivity contribution in [3.05, 3.63) is 18.3 Å². The van der Waals surface area contributed by atoms with Gasteiger partial charge in [-0.2, -0.15) is 0 Å². The average molecular weight is 232 g/mol. The highest BCUT2D eigenvalue weighted by atomic mass is 16.5. The van der Waals surface area contributed by atoms with E-state index in [9.17, 15) is 4.79 Å². The number of anilines is 1. The summed E-state index contributed by atoms with van der Waals surface area (Å²) in [5.74, 6) is 1.05. The first kappa shape index (κ1) is 10.6. The highest BCUT2D eigenvalue weighted by Crippen LogP contribution is 2.37. The van der Waals surface area contributed by atoms with Gasteiger partial charge in [0, 0.05) is 31.0 Å². The molecule has 2 fully saturated rings. The first-order valence-electron chi connectivity index (χ1n) is 6.08. The summed E-state index contributed by atoms with van der Waals surface area (Å²) in [5, 5.41) is 0. The molecule has 2 unspecified atom stereocenters. The minimum Gasteiger partial charge on any atom is -0.481 e. The Morgan fingerprint density at radius 2 is 2.00 bits per heavy atom. The lowest BCUT2D eigenvalue weighted by Crippen LogP contribution is -2.43. The SMILES string of the molecule is COc1ccc(N2C3CCC2CC(=O)C3)cn1. The fourth-order valence-electron chi connectivity index (χ4n) is 3.04. The van der Waals surface area contributed by atoms with Gasteiger partial charge in [-0.3, -0.25) is 4.79 Å². The third-order valence-electron chi connectivity index (χ3n) is 3.77. The van der Waals surface area contributed by atoms with E-state index in [0.717, 1.165) is 18.5 Å². The summed E-state index contributed by atoms with van der Waals surface area (Å²) in [6.45, 7) is 0. The Morgan fingerprint density at radius 3 is 2.53 bits per heavy atom. The lowest BCUT2D eigenvalue weighted by atomic mass is 10.0. The van der Waals surface area contributed by atoms with Crippen LogP contribution in [0.1, 0.15) is 25.7 Å². The predicted molar refractivity (Wildman–Crippen MR) is 64.3 cm³/mol. The molecule has 0 aromatic carbocycles. The van der Waals surface area contributed by atoms with Gasteiger partial charge in [-0.25, -0.2) is 4.98 Å². The number of carbonyl (C=O) groups excluding carboxylic acids is 1. The van der Waals surface area contributed by atoms with E-state index in [0.29, 0.717) is 36.6 Å². The van der Waals surface area contributed by atoms with Crippen molar-refractivity contribution in [2.24, 2.45) is 0 Å². The lowest BCUT2D eigenvalue weighted by Gasteiger charge is -2.35. The van der Waals surface area contributed by atoms with Crippen LogP contribution >= 0.6 is 0 Å². The van der Waals surface area contributed by atoms with Crippen LogP contribution in [0.2, 0.25) is 0 Å². The second-order valence-corrected chi connectivity index (χ2v) is 4.80. The maximum Gasteiger partial charge on any atom is 0.213 e. The first-order valence-corrected chi connectivity index (χ1v) is 6.08. The molecule has 2 atom stereocenters. The van der Waals surface area contributed by atoms with Crippen molar-refractivity contribution in [2.45, 2.75) is 37.8 Å². The Hall–Kier alpha value is -1.58. The summed E-state index contributed by atoms with van der Waals surface area (Å²) in [4.78, 5) is 18.1. The maximum absolute atomic E-state index is 11.5. The van der Waals surface area contributed by atoms with E-state index >= 15 is 0 Å². The average Bonchev–Trinajstić information content (AvgIpc) is 2.62. The number of rotatable bonds is 2. The molecule has 2 aliphatic rings. The molecule has 4 heteroatoms. The number of pyridine rings is 1. The predicted octanol–water partition coefficient (Wildman–Crippen LogP) is 1.79. The quantitative estimate of drug-likeness (QED) is 0.779. The smallest absolute Gasteiger partial charge is 0.213 e. The maximum atomic E-state index is 11.5. The van der Waals surface area contributed by atoms with Crippen LogP contribution in [0.4, 0.5) is 5.69 Å². The molecule has 0 amide bonds. The van der Waals surface area contributed by atoms with E-state index in [1.54, 1.807) is 7.11 Å². The second kappa shape index (κ2) is 4.02. The zero-order valence-electron chi connectivity index (χ0n) is 9.93. The molecule has 1 aromatic heterocycles. The molecule has 0 aliphatic carbocycles. The van der Waals surface area contributed by atoms with Crippen LogP contribution in [0.5, 0.6) is 5.88 Å². The van der Waals surface area contributed by atoms with Crippen LogP contribution in [0.3, 0.4) is 0 Å². The highest BCUT2D eigenvalue weighted by Gasteiger charge is 2.40. The molecule has 2 aliphatic heterocycles. The van der Waals surface area contributed by atoms with Crippen molar-refractivity contribution in [2.75, 3.05) is 12.0 Å². The fraction of sp³-hybridized carbons (Fsp3) is 0.538. The van der Waals surface area contributed by atoms with Crippen LogP contribution in [0.15, 0.2) is 18.3 Å². The Balaban J connectivity index is 1.86. The second-order valence-electron chi connectivity index (χ2n) is 4.80. The molecule has 0 radical (unpaired) electrons. The number of nitrogens with zero attached hydrogens (tertiary/aromatic N) is 2. The van der Waals surface area contributed by atoms with Crippen molar-refractivity contribution >= 4 is 11.5 Å². The topological polar surface area (TPSA) is 42.4 Å². The van der Waals surface area contributed by atoms with E-state index in [1.165, 1.54) is 0 Å². The van der Waals surface area contributed by atoms with E-state index in [2.05, 4.69) is 9.88 Å². The third-order valence-corrected chi connectivity index (χ3v) is 3.77. The number of fused-ring (bicyclic) bond motifs is 2. The number of Topliss-reactive ketones (excluding diaryl/α,β-unsaturated/α-hetero) is 1. The number of ketones is 1. The molecule has 0 spiro atoms. The minimum atomic E-state index is 0.386. The summed E-state index contributed by atoms with van der Waals surface area (Å²) >= 11 is 0. The summed E-state index contributed by atoms with van der Waals surface area (Å²) in [6, 6.07) is 4.69. The molecule has 2 bridgehead atoms. The summed E-state index contributed by atoms with van der Waals surface area (Å²) in [5.41, 5.74) is 1.12. The van der Waals surface area contributed by atoms with Gasteiger partial charge in [0.1, 0.15) is 5.78 Å². The number of hydrogen-bond donors (Lipinski definition) is 0. The van der Waals surface area contributed by atoms with Crippen molar-refractivity contribution in [1.29, 1.82) is 0 Å². The highest BCUT2D eigenvalue weighted by molar-refractivity contribution is 5.83. The van der Waals surface area contributed by atoms with E-state index in [4.69, 9.17) is 4.74 Å². The number of hydrogen-bond acceptors (Lipinski definition) is 4. The van der Waals surface area contributed by atoms with Gasteiger partial charge in [-0.05, 0) is 18.9 Å². The number of piperidine rings is 1. The van der Waals surface area contributed by atoms with Crippen LogP contribution < -0.4 is 9.64 Å². The molecule has 0 saturated carbocycles. The van der Waals surface area contributed by atoms with Crippen LogP contribution in [0.25, 0.3) is 0 Å². The minimum absolute atomic E-state index is 0.386. The van der Waals surface area contributed by atoms with Crippen LogP contribution in [-0.4, -0.2) is 30.0 Å². The number of methoxy groups -OCH3 is 1. The van der Waals surface area contributed by atoms with Crippen LogP contribution in [0, 0.1) is 0 Å². The monoisotopic (exact) mass is 232 g/mol. The standard InChI is InChI=1S/C13H16N2O2/c1-17-13-5-4-11(8-14-13)15-9-2-3-10(15)7-12(16)6-9/h4-5,8-10H,2-3,6-7H2,1H3. The van der Waals surface area contributed by atoms with Gasteiger partial charge in [0.25, 0.3) is 0 Å². The molecule has 1 aromatic rings. The molecular formula is C13H16N2O2. The van der Waals surface area contributed by atoms with E-state index < -0.39 is 0 Å². The van der Waals surface area contributed by atoms with Crippen LogP contribution in [-0.2, 0) is 4.79 Å². The Kier molecular flexibility index (Phi) is 2.50. The van der Waals surface area contributed by atoms with Gasteiger partial charge in [0.2, 0.25) is 5.88 Å². The molecule has 90 valence electrons. The van der Waals surface area contributed by atoms with E-state index in [1.807, 2.05) is 18.3 Å². The van der Waals surface area contributed by atoms with Gasteiger partial charge in [0.05, 0.1) is 19.0 Å². The fourth-order valence-corrected chi connectivity index (χ4v) is 3.04. The van der Waals surface area contributed by atoms with Crippen molar-refractivity contribution in [3.63, 3.8) is 0 Å². The van der Waals surface area contributed by atoms with Gasteiger partial charge in [-0.1, -0.05) is 0 Å². The molecule has 3 heterocycles. The van der Waals surface area contributed by atoms with Gasteiger partial charge < -0.3 is 9.64 Å². The third kappa shape index (κ3) is 1.77. The van der Waals surface area contributed by atoms with Crippen molar-refractivity contribution < 1.29 is 9.53 Å². The zero-order chi connectivity index (χ0) is 11.8. The van der Waals surface area contributed by atoms with Gasteiger partial charge in [-0.15, -0.1) is 0 Å². The first-order chi connectivity index (χ1) is 8.28.